The fourth-order valence-electron chi connectivity index (χ4n) is 5.08. The van der Waals surface area contributed by atoms with Crippen molar-refractivity contribution in [2.75, 3.05) is 0 Å². The first-order chi connectivity index (χ1) is 16.8. The summed E-state index contributed by atoms with van der Waals surface area (Å²) >= 11 is 1.35. The van der Waals surface area contributed by atoms with Crippen molar-refractivity contribution in [1.82, 2.24) is 4.98 Å². The van der Waals surface area contributed by atoms with Crippen molar-refractivity contribution in [2.45, 2.75) is 110 Å². The van der Waals surface area contributed by atoms with Crippen LogP contribution in [0.1, 0.15) is 84.3 Å². The van der Waals surface area contributed by atoms with Crippen LogP contribution in [0, 0.1) is 17.3 Å². The Morgan fingerprint density at radius 1 is 1.25 bits per heavy atom. The molecule has 0 spiro atoms. The van der Waals surface area contributed by atoms with Crippen molar-refractivity contribution in [1.29, 1.82) is 0 Å². The molecule has 2 saturated heterocycles. The largest absolute Gasteiger partial charge is 0.458 e. The number of epoxide rings is 1. The second-order valence-electron chi connectivity index (χ2n) is 11.3. The molecule has 2 fully saturated rings. The van der Waals surface area contributed by atoms with Crippen molar-refractivity contribution in [3.63, 3.8) is 0 Å². The summed E-state index contributed by atoms with van der Waals surface area (Å²) in [6.07, 6.45) is 1.60. The Morgan fingerprint density at radius 2 is 1.94 bits per heavy atom. The molecule has 9 heteroatoms. The Morgan fingerprint density at radius 3 is 2.58 bits per heavy atom. The summed E-state index contributed by atoms with van der Waals surface area (Å²) in [5.74, 6) is -1.64. The minimum Gasteiger partial charge on any atom is -0.458 e. The SMILES string of the molecule is C/C(=C\c1csc(CO)n1)[C@@H]1C[C@@H]2O[C@]2(C)CCCC(C)[C@H](O)C(C)C(=O)C(C)(C)C(O)CC(=O)O1. The molecule has 3 heterocycles. The highest BCUT2D eigenvalue weighted by Crippen LogP contribution is 2.45. The predicted molar refractivity (Wildman–Crippen MR) is 137 cm³/mol. The van der Waals surface area contributed by atoms with E-state index in [1.807, 2.05) is 32.2 Å². The van der Waals surface area contributed by atoms with Crippen molar-refractivity contribution < 1.29 is 34.4 Å². The van der Waals surface area contributed by atoms with Crippen molar-refractivity contribution in [2.24, 2.45) is 17.3 Å². The van der Waals surface area contributed by atoms with Crippen molar-refractivity contribution >= 4 is 29.2 Å². The molecule has 0 aliphatic carbocycles. The fourth-order valence-corrected chi connectivity index (χ4v) is 5.69. The fraction of sp³-hybridized carbons (Fsp3) is 0.741. The van der Waals surface area contributed by atoms with Gasteiger partial charge >= 0.3 is 5.97 Å². The van der Waals surface area contributed by atoms with E-state index in [1.165, 1.54) is 11.3 Å². The molecule has 2 aliphatic heterocycles. The number of fused-ring (bicyclic) bond motifs is 1. The average Bonchev–Trinajstić information content (AvgIpc) is 3.23. The second kappa shape index (κ2) is 11.4. The molecule has 1 aromatic rings. The van der Waals surface area contributed by atoms with Gasteiger partial charge in [0.2, 0.25) is 0 Å². The number of hydrogen-bond donors (Lipinski definition) is 3. The zero-order chi connectivity index (χ0) is 26.8. The normalized spacial score (nSPS) is 36.8. The predicted octanol–water partition coefficient (Wildman–Crippen LogP) is 3.66. The van der Waals surface area contributed by atoms with Crippen LogP contribution >= 0.6 is 11.3 Å². The molecule has 3 N–H and O–H groups in total. The third-order valence-corrected chi connectivity index (χ3v) is 8.85. The molecule has 7 atom stereocenters. The van der Waals surface area contributed by atoms with E-state index in [0.717, 1.165) is 24.8 Å². The van der Waals surface area contributed by atoms with Gasteiger partial charge in [0.05, 0.1) is 48.0 Å². The summed E-state index contributed by atoms with van der Waals surface area (Å²) in [5, 5.41) is 33.4. The maximum Gasteiger partial charge on any atom is 0.309 e. The summed E-state index contributed by atoms with van der Waals surface area (Å²) in [6, 6.07) is 0. The molecule has 202 valence electrons. The van der Waals surface area contributed by atoms with E-state index in [4.69, 9.17) is 9.47 Å². The van der Waals surface area contributed by atoms with Crippen LogP contribution in [-0.2, 0) is 25.7 Å². The molecule has 0 saturated carbocycles. The number of ketones is 1. The topological polar surface area (TPSA) is 129 Å². The number of aliphatic hydroxyl groups is 3. The van der Waals surface area contributed by atoms with E-state index in [9.17, 15) is 24.9 Å². The number of thiazole rings is 1. The van der Waals surface area contributed by atoms with Gasteiger partial charge in [0.25, 0.3) is 0 Å². The number of carbonyl (C=O) groups is 2. The summed E-state index contributed by atoms with van der Waals surface area (Å²) in [7, 11) is 0. The lowest BCUT2D eigenvalue weighted by Crippen LogP contribution is -2.45. The van der Waals surface area contributed by atoms with E-state index in [2.05, 4.69) is 4.98 Å². The summed E-state index contributed by atoms with van der Waals surface area (Å²) in [4.78, 5) is 30.5. The number of ether oxygens (including phenoxy) is 2. The zero-order valence-corrected chi connectivity index (χ0v) is 23.0. The Bertz CT molecular complexity index is 973. The van der Waals surface area contributed by atoms with Crippen molar-refractivity contribution in [3.05, 3.63) is 21.7 Å². The number of aliphatic hydroxyl groups excluding tert-OH is 3. The van der Waals surface area contributed by atoms with E-state index < -0.39 is 35.6 Å². The van der Waals surface area contributed by atoms with Crippen LogP contribution in [0.4, 0.5) is 0 Å². The molecule has 3 unspecified atom stereocenters. The molecule has 0 aromatic carbocycles. The molecule has 2 aliphatic rings. The monoisotopic (exact) mass is 523 g/mol. The Kier molecular flexibility index (Phi) is 9.15. The van der Waals surface area contributed by atoms with Crippen LogP contribution < -0.4 is 0 Å². The highest BCUT2D eigenvalue weighted by atomic mass is 32.1. The molecule has 0 amide bonds. The number of aromatic nitrogens is 1. The van der Waals surface area contributed by atoms with Gasteiger partial charge in [-0.25, -0.2) is 4.98 Å². The Balaban J connectivity index is 1.85. The first kappa shape index (κ1) is 28.9. The molecule has 3 rings (SSSR count). The molecule has 8 nitrogen and oxygen atoms in total. The number of nitrogens with zero attached hydrogens (tertiary/aromatic N) is 1. The maximum absolute atomic E-state index is 13.2. The lowest BCUT2D eigenvalue weighted by molar-refractivity contribution is -0.154. The third-order valence-electron chi connectivity index (χ3n) is 8.00. The quantitative estimate of drug-likeness (QED) is 0.404. The summed E-state index contributed by atoms with van der Waals surface area (Å²) in [5.41, 5.74) is -0.0964. The van der Waals surface area contributed by atoms with Gasteiger partial charge in [-0.15, -0.1) is 11.3 Å². The van der Waals surface area contributed by atoms with Gasteiger partial charge in [0.1, 0.15) is 16.9 Å². The Labute approximate surface area is 217 Å². The molecular formula is C27H41NO7S. The maximum atomic E-state index is 13.2. The second-order valence-corrected chi connectivity index (χ2v) is 12.2. The first-order valence-corrected chi connectivity index (χ1v) is 13.7. The van der Waals surface area contributed by atoms with Gasteiger partial charge in [0, 0.05) is 17.7 Å². The number of esters is 1. The standard InChI is InChI=1S/C27H41NO7S/c1-15-8-7-9-27(6)21(35-27)11-19(16(2)10-18-14-36-22(13-29)28-18)34-23(31)12-20(30)26(4,5)25(33)17(3)24(15)32/h10,14-15,17,19-21,24,29-30,32H,7-9,11-13H2,1-6H3/b16-10+/t15?,17?,19-,20?,21-,24-,27+/m0/s1. The number of cyclic esters (lactones) is 1. The van der Waals surface area contributed by atoms with Crippen molar-refractivity contribution in [3.8, 4) is 0 Å². The van der Waals surface area contributed by atoms with E-state index >= 15 is 0 Å². The molecular weight excluding hydrogens is 482 g/mol. The summed E-state index contributed by atoms with van der Waals surface area (Å²) in [6.45, 7) is 10.6. The van der Waals surface area contributed by atoms with Gasteiger partial charge in [-0.1, -0.05) is 34.1 Å². The van der Waals surface area contributed by atoms with Gasteiger partial charge in [-0.3, -0.25) is 9.59 Å². The van der Waals surface area contributed by atoms with Crippen LogP contribution in [0.2, 0.25) is 0 Å². The van der Waals surface area contributed by atoms with Crippen LogP contribution in [-0.4, -0.2) is 62.1 Å². The molecule has 36 heavy (non-hydrogen) atoms. The minimum atomic E-state index is -1.26. The van der Waals surface area contributed by atoms with Crippen LogP contribution in [0.15, 0.2) is 11.0 Å². The smallest absolute Gasteiger partial charge is 0.309 e. The van der Waals surface area contributed by atoms with E-state index in [1.54, 1.807) is 20.8 Å². The van der Waals surface area contributed by atoms with E-state index in [0.29, 0.717) is 17.1 Å². The highest BCUT2D eigenvalue weighted by molar-refractivity contribution is 7.09. The summed E-state index contributed by atoms with van der Waals surface area (Å²) < 4.78 is 11.9. The number of hydrogen-bond acceptors (Lipinski definition) is 9. The lowest BCUT2D eigenvalue weighted by Gasteiger charge is -2.34. The Hall–Kier alpha value is -1.65. The van der Waals surface area contributed by atoms with Gasteiger partial charge in [0.15, 0.2) is 0 Å². The highest BCUT2D eigenvalue weighted by Gasteiger charge is 2.53. The van der Waals surface area contributed by atoms with E-state index in [-0.39, 0.29) is 36.4 Å². The minimum absolute atomic E-state index is 0.0860. The number of Topliss-reactive ketones (excluding diaryl/α,β-unsaturated/α-hetero) is 1. The van der Waals surface area contributed by atoms with Gasteiger partial charge in [-0.05, 0) is 44.3 Å². The zero-order valence-electron chi connectivity index (χ0n) is 22.2. The molecule has 0 bridgehead atoms. The van der Waals surface area contributed by atoms with Crippen LogP contribution in [0.25, 0.3) is 6.08 Å². The van der Waals surface area contributed by atoms with Crippen LogP contribution in [0.5, 0.6) is 0 Å². The molecule has 0 radical (unpaired) electrons. The van der Waals surface area contributed by atoms with Gasteiger partial charge in [-0.2, -0.15) is 0 Å². The van der Waals surface area contributed by atoms with Gasteiger partial charge < -0.3 is 24.8 Å². The lowest BCUT2D eigenvalue weighted by atomic mass is 9.73. The number of carbonyl (C=O) groups excluding carboxylic acids is 2. The molecule has 1 aromatic heterocycles. The number of rotatable bonds is 3. The average molecular weight is 524 g/mol. The van der Waals surface area contributed by atoms with Crippen LogP contribution in [0.3, 0.4) is 0 Å². The third kappa shape index (κ3) is 6.61. The first-order valence-electron chi connectivity index (χ1n) is 12.8.